The third kappa shape index (κ3) is 3.74. The summed E-state index contributed by atoms with van der Waals surface area (Å²) in [6.07, 6.45) is -0.0894. The summed E-state index contributed by atoms with van der Waals surface area (Å²) in [5, 5.41) is 5.07. The molecule has 0 aliphatic heterocycles. The van der Waals surface area contributed by atoms with Gasteiger partial charge in [-0.05, 0) is 18.2 Å². The SMILES string of the molecule is CC(=O)Nc1nccc(Nc2nc(-c3cccc(C(F)F)n3)nc3[nH]cnc23)c1F. The van der Waals surface area contributed by atoms with Crippen molar-refractivity contribution in [3.8, 4) is 11.5 Å². The molecule has 0 unspecified atom stereocenters. The van der Waals surface area contributed by atoms with Crippen LogP contribution in [0.15, 0.2) is 36.8 Å². The van der Waals surface area contributed by atoms with Crippen LogP contribution in [0.2, 0.25) is 0 Å². The second kappa shape index (κ2) is 7.73. The summed E-state index contributed by atoms with van der Waals surface area (Å²) in [5.74, 6) is -1.41. The predicted octanol–water partition coefficient (Wildman–Crippen LogP) is 3.59. The monoisotopic (exact) mass is 414 g/mol. The van der Waals surface area contributed by atoms with Gasteiger partial charge in [0, 0.05) is 13.1 Å². The molecule has 0 bridgehead atoms. The smallest absolute Gasteiger partial charge is 0.280 e. The lowest BCUT2D eigenvalue weighted by Crippen LogP contribution is -2.10. The van der Waals surface area contributed by atoms with E-state index in [1.54, 1.807) is 0 Å². The Bertz CT molecular complexity index is 1240. The molecule has 152 valence electrons. The van der Waals surface area contributed by atoms with Gasteiger partial charge in [0.05, 0.1) is 12.0 Å². The molecule has 0 aromatic carbocycles. The third-order valence-electron chi connectivity index (χ3n) is 3.94. The number of nitrogens with zero attached hydrogens (tertiary/aromatic N) is 5. The van der Waals surface area contributed by atoms with E-state index >= 15 is 0 Å². The maximum atomic E-state index is 14.7. The molecule has 0 radical (unpaired) electrons. The number of pyridine rings is 2. The summed E-state index contributed by atoms with van der Waals surface area (Å²) < 4.78 is 40.7. The zero-order valence-electron chi connectivity index (χ0n) is 15.3. The minimum absolute atomic E-state index is 0.0306. The largest absolute Gasteiger partial charge is 0.336 e. The summed E-state index contributed by atoms with van der Waals surface area (Å²) in [6, 6.07) is 5.43. The highest BCUT2D eigenvalue weighted by Crippen LogP contribution is 2.28. The van der Waals surface area contributed by atoms with Gasteiger partial charge in [-0.25, -0.2) is 38.1 Å². The standard InChI is InChI=1S/C18H13F3N8O/c1-8(30)25-16-12(19)9(5-6-22-16)27-18-13-17(24-7-23-13)28-15(29-18)11-4-2-3-10(26-11)14(20)21/h2-7,14H,1H3,(H3,22,23,24,25,27,28,29,30). The van der Waals surface area contributed by atoms with E-state index < -0.39 is 23.8 Å². The second-order valence-electron chi connectivity index (χ2n) is 6.07. The topological polar surface area (TPSA) is 121 Å². The first-order valence-electron chi connectivity index (χ1n) is 8.58. The number of carbonyl (C=O) groups excluding carboxylic acids is 1. The maximum Gasteiger partial charge on any atom is 0.280 e. The van der Waals surface area contributed by atoms with Crippen molar-refractivity contribution < 1.29 is 18.0 Å². The fourth-order valence-corrected chi connectivity index (χ4v) is 2.66. The number of hydrogen-bond donors (Lipinski definition) is 3. The van der Waals surface area contributed by atoms with Crippen molar-refractivity contribution in [3.63, 3.8) is 0 Å². The van der Waals surface area contributed by atoms with Crippen molar-refractivity contribution in [1.82, 2.24) is 29.9 Å². The number of halogens is 3. The maximum absolute atomic E-state index is 14.7. The molecule has 0 atom stereocenters. The quantitative estimate of drug-likeness (QED) is 0.456. The second-order valence-corrected chi connectivity index (χ2v) is 6.07. The highest BCUT2D eigenvalue weighted by molar-refractivity contribution is 5.89. The van der Waals surface area contributed by atoms with E-state index in [-0.39, 0.29) is 28.8 Å². The van der Waals surface area contributed by atoms with E-state index in [9.17, 15) is 18.0 Å². The van der Waals surface area contributed by atoms with Gasteiger partial charge in [0.1, 0.15) is 11.4 Å². The van der Waals surface area contributed by atoms with Crippen LogP contribution in [0.25, 0.3) is 22.7 Å². The molecule has 1 amide bonds. The zero-order valence-corrected chi connectivity index (χ0v) is 15.3. The first kappa shape index (κ1) is 19.2. The first-order valence-corrected chi connectivity index (χ1v) is 8.58. The van der Waals surface area contributed by atoms with Gasteiger partial charge in [0.2, 0.25) is 5.91 Å². The van der Waals surface area contributed by atoms with Gasteiger partial charge in [0.15, 0.2) is 34.4 Å². The van der Waals surface area contributed by atoms with Crippen LogP contribution in [0, 0.1) is 5.82 Å². The molecular weight excluding hydrogens is 401 g/mol. The van der Waals surface area contributed by atoms with Crippen molar-refractivity contribution >= 4 is 34.4 Å². The van der Waals surface area contributed by atoms with Gasteiger partial charge in [-0.3, -0.25) is 4.79 Å². The average molecular weight is 414 g/mol. The summed E-state index contributed by atoms with van der Waals surface area (Å²) >= 11 is 0. The van der Waals surface area contributed by atoms with Crippen LogP contribution in [0.5, 0.6) is 0 Å². The van der Waals surface area contributed by atoms with Crippen LogP contribution in [0.4, 0.5) is 30.5 Å². The van der Waals surface area contributed by atoms with E-state index in [2.05, 4.69) is 40.5 Å². The molecule has 4 aromatic rings. The first-order chi connectivity index (χ1) is 14.4. The Labute approximate surface area is 166 Å². The molecule has 3 N–H and O–H groups in total. The Morgan fingerprint density at radius 2 is 1.93 bits per heavy atom. The van der Waals surface area contributed by atoms with Crippen LogP contribution >= 0.6 is 0 Å². The number of fused-ring (bicyclic) bond motifs is 1. The van der Waals surface area contributed by atoms with E-state index in [0.717, 1.165) is 0 Å². The minimum Gasteiger partial charge on any atom is -0.336 e. The van der Waals surface area contributed by atoms with Crippen molar-refractivity contribution in [1.29, 1.82) is 0 Å². The predicted molar refractivity (Wildman–Crippen MR) is 102 cm³/mol. The Hall–Kier alpha value is -4.09. The molecule has 12 heteroatoms. The number of carbonyl (C=O) groups is 1. The van der Waals surface area contributed by atoms with E-state index in [4.69, 9.17) is 0 Å². The fraction of sp³-hybridized carbons (Fsp3) is 0.111. The van der Waals surface area contributed by atoms with E-state index in [1.165, 1.54) is 43.7 Å². The Morgan fingerprint density at radius 3 is 2.70 bits per heavy atom. The van der Waals surface area contributed by atoms with Gasteiger partial charge in [-0.2, -0.15) is 0 Å². The van der Waals surface area contributed by atoms with Crippen LogP contribution in [-0.4, -0.2) is 35.8 Å². The number of hydrogen-bond acceptors (Lipinski definition) is 7. The fourth-order valence-electron chi connectivity index (χ4n) is 2.66. The summed E-state index contributed by atoms with van der Waals surface area (Å²) in [5.41, 5.74) is 0.248. The highest BCUT2D eigenvalue weighted by Gasteiger charge is 2.17. The number of rotatable bonds is 5. The number of amides is 1. The Morgan fingerprint density at radius 1 is 1.10 bits per heavy atom. The Balaban J connectivity index is 1.78. The summed E-state index contributed by atoms with van der Waals surface area (Å²) in [6.45, 7) is 1.23. The number of aromatic nitrogens is 6. The minimum atomic E-state index is -2.75. The van der Waals surface area contributed by atoms with Crippen molar-refractivity contribution in [3.05, 3.63) is 48.3 Å². The van der Waals surface area contributed by atoms with Gasteiger partial charge in [0.25, 0.3) is 6.43 Å². The van der Waals surface area contributed by atoms with E-state index in [0.29, 0.717) is 11.2 Å². The number of H-pyrrole nitrogens is 1. The lowest BCUT2D eigenvalue weighted by atomic mass is 10.3. The molecule has 0 saturated heterocycles. The number of alkyl halides is 2. The lowest BCUT2D eigenvalue weighted by molar-refractivity contribution is -0.114. The van der Waals surface area contributed by atoms with Gasteiger partial charge in [-0.1, -0.05) is 6.07 Å². The molecule has 4 aromatic heterocycles. The molecule has 4 heterocycles. The Kier molecular flexibility index (Phi) is 4.96. The molecular formula is C18H13F3N8O. The molecule has 9 nitrogen and oxygen atoms in total. The van der Waals surface area contributed by atoms with Crippen LogP contribution in [0.1, 0.15) is 19.0 Å². The summed E-state index contributed by atoms with van der Waals surface area (Å²) in [7, 11) is 0. The zero-order chi connectivity index (χ0) is 21.3. The summed E-state index contributed by atoms with van der Waals surface area (Å²) in [4.78, 5) is 34.3. The van der Waals surface area contributed by atoms with Crippen LogP contribution in [-0.2, 0) is 4.79 Å². The molecule has 0 aliphatic carbocycles. The molecule has 4 rings (SSSR count). The molecule has 30 heavy (non-hydrogen) atoms. The van der Waals surface area contributed by atoms with Crippen LogP contribution in [0.3, 0.4) is 0 Å². The number of aromatic amines is 1. The van der Waals surface area contributed by atoms with Crippen molar-refractivity contribution in [2.75, 3.05) is 10.6 Å². The van der Waals surface area contributed by atoms with Crippen LogP contribution < -0.4 is 10.6 Å². The third-order valence-corrected chi connectivity index (χ3v) is 3.94. The highest BCUT2D eigenvalue weighted by atomic mass is 19.3. The molecule has 0 spiro atoms. The molecule has 0 saturated carbocycles. The average Bonchev–Trinajstić information content (AvgIpc) is 3.19. The van der Waals surface area contributed by atoms with Crippen molar-refractivity contribution in [2.24, 2.45) is 0 Å². The number of nitrogens with one attached hydrogen (secondary N) is 3. The van der Waals surface area contributed by atoms with Crippen molar-refractivity contribution in [2.45, 2.75) is 13.3 Å². The number of imidazole rings is 1. The molecule has 0 fully saturated rings. The van der Waals surface area contributed by atoms with Gasteiger partial charge >= 0.3 is 0 Å². The van der Waals surface area contributed by atoms with Gasteiger partial charge in [-0.15, -0.1) is 0 Å². The van der Waals surface area contributed by atoms with Gasteiger partial charge < -0.3 is 15.6 Å². The van der Waals surface area contributed by atoms with E-state index in [1.807, 2.05) is 0 Å². The lowest BCUT2D eigenvalue weighted by Gasteiger charge is -2.11. The number of anilines is 3. The molecule has 0 aliphatic rings. The normalized spacial score (nSPS) is 11.1.